The second-order valence-corrected chi connectivity index (χ2v) is 13.1. The Balaban J connectivity index is 1.23. The predicted molar refractivity (Wildman–Crippen MR) is 197 cm³/mol. The van der Waals surface area contributed by atoms with Crippen LogP contribution in [0.5, 0.6) is 5.75 Å². The number of aromatic nitrogens is 3. The zero-order valence-electron chi connectivity index (χ0n) is 29.6. The molecule has 0 atom stereocenters. The van der Waals surface area contributed by atoms with Crippen LogP contribution in [-0.4, -0.2) is 52.5 Å². The topological polar surface area (TPSA) is 122 Å². The molecule has 1 aliphatic rings. The molecule has 11 heteroatoms. The van der Waals surface area contributed by atoms with E-state index in [1.54, 1.807) is 12.3 Å². The number of rotatable bonds is 14. The maximum absolute atomic E-state index is 15.1. The van der Waals surface area contributed by atoms with Crippen LogP contribution in [0.1, 0.15) is 68.1 Å². The molecule has 1 aliphatic heterocycles. The number of carbonyl (C=O) groups is 2. The van der Waals surface area contributed by atoms with Crippen molar-refractivity contribution in [1.29, 1.82) is 5.26 Å². The number of nitrogens with zero attached hydrogens (tertiary/aromatic N) is 5. The van der Waals surface area contributed by atoms with Crippen molar-refractivity contribution in [2.24, 2.45) is 0 Å². The Bertz CT molecular complexity index is 2070. The third-order valence-corrected chi connectivity index (χ3v) is 9.51. The first kappa shape index (κ1) is 36.0. The van der Waals surface area contributed by atoms with Crippen molar-refractivity contribution >= 4 is 23.5 Å². The van der Waals surface area contributed by atoms with Gasteiger partial charge in [0.25, 0.3) is 0 Å². The van der Waals surface area contributed by atoms with Gasteiger partial charge in [-0.3, -0.25) is 14.0 Å². The van der Waals surface area contributed by atoms with Gasteiger partial charge in [0, 0.05) is 49.9 Å². The molecule has 0 bridgehead atoms. The average Bonchev–Trinajstić information content (AvgIpc) is 3.66. The number of hydrogen-bond donors (Lipinski definition) is 1. The summed E-state index contributed by atoms with van der Waals surface area (Å²) in [6.07, 6.45) is 9.29. The van der Waals surface area contributed by atoms with Gasteiger partial charge in [-0.25, -0.2) is 14.4 Å². The molecular formula is C41H43FN6O4. The number of esters is 1. The molecular weight excluding hydrogens is 659 g/mol. The molecule has 6 rings (SSSR count). The predicted octanol–water partition coefficient (Wildman–Crippen LogP) is 7.56. The molecule has 2 aromatic heterocycles. The number of fused-ring (bicyclic) bond motifs is 1. The van der Waals surface area contributed by atoms with E-state index in [2.05, 4.69) is 15.0 Å². The summed E-state index contributed by atoms with van der Waals surface area (Å²) in [6, 6.07) is 22.4. The van der Waals surface area contributed by atoms with Crippen molar-refractivity contribution in [1.82, 2.24) is 19.7 Å². The summed E-state index contributed by atoms with van der Waals surface area (Å²) in [4.78, 5) is 36.1. The number of carbonyl (C=O) groups excluding carboxylic acids is 2. The standard InChI is InChI=1S/C41H43FN6O4/c1-28-14-15-30(25-35(28)52-27-29-10-6-5-7-11-29)38-39(31-16-17-32(26-43)34(42)24-31)46-41(48-23-20-44-40(38)48)47-21-18-33(19-22-47)45-36(49)12-8-3-4-9-13-37(50)51-2/h5-7,10-11,14-17,20,23-25,33H,3-4,8-9,12-13,18-19,21-22,27H2,1-2H3,(H,45,49). The molecule has 0 unspecified atom stereocenters. The molecule has 0 spiro atoms. The first-order valence-electron chi connectivity index (χ1n) is 17.8. The van der Waals surface area contributed by atoms with Gasteiger partial charge in [0.15, 0.2) is 0 Å². The number of nitriles is 1. The van der Waals surface area contributed by atoms with E-state index < -0.39 is 5.82 Å². The van der Waals surface area contributed by atoms with Crippen LogP contribution in [0.15, 0.2) is 79.1 Å². The number of halogens is 1. The van der Waals surface area contributed by atoms with E-state index in [1.165, 1.54) is 19.2 Å². The number of anilines is 1. The van der Waals surface area contributed by atoms with E-state index in [-0.39, 0.29) is 23.5 Å². The van der Waals surface area contributed by atoms with Crippen molar-refractivity contribution in [2.45, 2.75) is 70.9 Å². The quantitative estimate of drug-likeness (QED) is 0.0930. The van der Waals surface area contributed by atoms with Gasteiger partial charge in [-0.2, -0.15) is 5.26 Å². The SMILES string of the molecule is COC(=O)CCCCCCC(=O)NC1CCN(c2nc(-c3ccc(C#N)c(F)c3)c(-c3ccc(C)c(OCc4ccccc4)c3)c3nccn23)CC1. The Morgan fingerprint density at radius 3 is 2.46 bits per heavy atom. The highest BCUT2D eigenvalue weighted by Gasteiger charge is 2.26. The molecule has 52 heavy (non-hydrogen) atoms. The molecule has 1 amide bonds. The Hall–Kier alpha value is -5.76. The maximum Gasteiger partial charge on any atom is 0.305 e. The lowest BCUT2D eigenvalue weighted by molar-refractivity contribution is -0.140. The third-order valence-electron chi connectivity index (χ3n) is 9.51. The Morgan fingerprint density at radius 2 is 1.73 bits per heavy atom. The van der Waals surface area contributed by atoms with E-state index in [9.17, 15) is 14.9 Å². The van der Waals surface area contributed by atoms with Crippen LogP contribution in [-0.2, 0) is 20.9 Å². The second-order valence-electron chi connectivity index (χ2n) is 13.1. The molecule has 10 nitrogen and oxygen atoms in total. The smallest absolute Gasteiger partial charge is 0.305 e. The molecule has 1 saturated heterocycles. The lowest BCUT2D eigenvalue weighted by atomic mass is 9.97. The Morgan fingerprint density at radius 1 is 0.981 bits per heavy atom. The summed E-state index contributed by atoms with van der Waals surface area (Å²) in [6.45, 7) is 3.71. The van der Waals surface area contributed by atoms with Gasteiger partial charge in [0.2, 0.25) is 11.9 Å². The number of methoxy groups -OCH3 is 1. The van der Waals surface area contributed by atoms with Crippen LogP contribution in [0, 0.1) is 24.1 Å². The molecule has 0 saturated carbocycles. The first-order valence-corrected chi connectivity index (χ1v) is 17.8. The molecule has 1 N–H and O–H groups in total. The zero-order valence-corrected chi connectivity index (χ0v) is 29.6. The van der Waals surface area contributed by atoms with Gasteiger partial charge >= 0.3 is 5.97 Å². The van der Waals surface area contributed by atoms with Gasteiger partial charge < -0.3 is 19.7 Å². The van der Waals surface area contributed by atoms with E-state index in [0.29, 0.717) is 55.4 Å². The summed E-state index contributed by atoms with van der Waals surface area (Å²) < 4.78 is 28.0. The molecule has 268 valence electrons. The van der Waals surface area contributed by atoms with E-state index in [4.69, 9.17) is 14.7 Å². The minimum absolute atomic E-state index is 0.0398. The third kappa shape index (κ3) is 8.57. The van der Waals surface area contributed by atoms with Crippen LogP contribution in [0.4, 0.5) is 10.3 Å². The number of unbranched alkanes of at least 4 members (excludes halogenated alkanes) is 3. The lowest BCUT2D eigenvalue weighted by Gasteiger charge is -2.34. The van der Waals surface area contributed by atoms with E-state index in [1.807, 2.05) is 72.1 Å². The minimum Gasteiger partial charge on any atom is -0.489 e. The van der Waals surface area contributed by atoms with E-state index >= 15 is 4.39 Å². The number of aryl methyl sites for hydroxylation is 1. The largest absolute Gasteiger partial charge is 0.489 e. The number of nitrogens with one attached hydrogen (secondary N) is 1. The van der Waals surface area contributed by atoms with Crippen molar-refractivity contribution < 1.29 is 23.5 Å². The molecule has 0 aliphatic carbocycles. The average molecular weight is 703 g/mol. The Kier molecular flexibility index (Phi) is 11.8. The molecule has 0 radical (unpaired) electrons. The monoisotopic (exact) mass is 702 g/mol. The van der Waals surface area contributed by atoms with Crippen LogP contribution in [0.3, 0.4) is 0 Å². The Labute approximate surface area is 303 Å². The number of ether oxygens (including phenoxy) is 2. The molecule has 3 aromatic carbocycles. The van der Waals surface area contributed by atoms with Gasteiger partial charge in [-0.1, -0.05) is 61.4 Å². The van der Waals surface area contributed by atoms with Crippen LogP contribution < -0.4 is 15.0 Å². The van der Waals surface area contributed by atoms with Crippen molar-refractivity contribution in [3.63, 3.8) is 0 Å². The summed E-state index contributed by atoms with van der Waals surface area (Å²) in [5, 5.41) is 12.6. The maximum atomic E-state index is 15.1. The highest BCUT2D eigenvalue weighted by molar-refractivity contribution is 5.91. The summed E-state index contributed by atoms with van der Waals surface area (Å²) in [5.74, 6) is 0.607. The van der Waals surface area contributed by atoms with Crippen LogP contribution in [0.25, 0.3) is 28.0 Å². The summed E-state index contributed by atoms with van der Waals surface area (Å²) >= 11 is 0. The van der Waals surface area contributed by atoms with Gasteiger partial charge in [-0.15, -0.1) is 0 Å². The van der Waals surface area contributed by atoms with Crippen LogP contribution >= 0.6 is 0 Å². The zero-order chi connectivity index (χ0) is 36.5. The fourth-order valence-corrected chi connectivity index (χ4v) is 6.60. The number of amides is 1. The summed E-state index contributed by atoms with van der Waals surface area (Å²) in [5.41, 5.74) is 5.24. The first-order chi connectivity index (χ1) is 25.3. The normalized spacial score (nSPS) is 13.2. The molecule has 3 heterocycles. The molecule has 1 fully saturated rings. The highest BCUT2D eigenvalue weighted by Crippen LogP contribution is 2.39. The number of benzene rings is 3. The molecule has 5 aromatic rings. The second kappa shape index (κ2) is 17.0. The number of piperidine rings is 1. The fourth-order valence-electron chi connectivity index (χ4n) is 6.60. The van der Waals surface area contributed by atoms with Crippen molar-refractivity contribution in [3.05, 3.63) is 102 Å². The van der Waals surface area contributed by atoms with Gasteiger partial charge in [-0.05, 0) is 67.5 Å². The highest BCUT2D eigenvalue weighted by atomic mass is 19.1. The minimum atomic E-state index is -0.619. The number of imidazole rings is 1. The van der Waals surface area contributed by atoms with Gasteiger partial charge in [0.05, 0.1) is 23.9 Å². The fraction of sp³-hybridized carbons (Fsp3) is 0.341. The van der Waals surface area contributed by atoms with Crippen molar-refractivity contribution in [2.75, 3.05) is 25.1 Å². The van der Waals surface area contributed by atoms with Gasteiger partial charge in [0.1, 0.15) is 29.9 Å². The van der Waals surface area contributed by atoms with Crippen LogP contribution in [0.2, 0.25) is 0 Å². The lowest BCUT2D eigenvalue weighted by Crippen LogP contribution is -2.45. The van der Waals surface area contributed by atoms with Crippen molar-refractivity contribution in [3.8, 4) is 34.2 Å². The van der Waals surface area contributed by atoms with E-state index in [0.717, 1.165) is 66.5 Å². The number of hydrogen-bond acceptors (Lipinski definition) is 8. The summed E-state index contributed by atoms with van der Waals surface area (Å²) in [7, 11) is 1.39.